The van der Waals surface area contributed by atoms with E-state index in [0.29, 0.717) is 17.2 Å². The summed E-state index contributed by atoms with van der Waals surface area (Å²) >= 11 is 0. The second-order valence-electron chi connectivity index (χ2n) is 3.50. The Morgan fingerprint density at radius 1 is 1.27 bits per heavy atom. The van der Waals surface area contributed by atoms with Gasteiger partial charge < -0.3 is 19.9 Å². The van der Waals surface area contributed by atoms with E-state index in [0.717, 1.165) is 5.56 Å². The van der Waals surface area contributed by atoms with Gasteiger partial charge >= 0.3 is 5.97 Å². The minimum absolute atomic E-state index is 0.151. The molecule has 0 saturated heterocycles. The first-order chi connectivity index (χ1) is 7.25. The maximum atomic E-state index is 11.2. The van der Waals surface area contributed by atoms with E-state index < -0.39 is 0 Å². The van der Waals surface area contributed by atoms with Crippen molar-refractivity contribution in [2.24, 2.45) is 5.73 Å². The molecule has 2 aliphatic rings. The number of fused-ring (bicyclic) bond motifs is 3. The Morgan fingerprint density at radius 3 is 3.00 bits per heavy atom. The first-order valence-corrected chi connectivity index (χ1v) is 4.64. The molecule has 5 nitrogen and oxygen atoms in total. The van der Waals surface area contributed by atoms with Crippen LogP contribution >= 0.6 is 0 Å². The first-order valence-electron chi connectivity index (χ1n) is 4.64. The Bertz CT molecular complexity index is 443. The fourth-order valence-electron chi connectivity index (χ4n) is 1.80. The summed E-state index contributed by atoms with van der Waals surface area (Å²) in [7, 11) is 0. The Balaban J connectivity index is 2.18. The predicted molar refractivity (Wildman–Crippen MR) is 49.7 cm³/mol. The molecule has 2 N–H and O–H groups in total. The zero-order valence-electron chi connectivity index (χ0n) is 7.86. The van der Waals surface area contributed by atoms with Crippen molar-refractivity contribution in [1.82, 2.24) is 0 Å². The van der Waals surface area contributed by atoms with E-state index in [9.17, 15) is 4.79 Å². The predicted octanol–water partition coefficient (Wildman–Crippen LogP) is 0.724. The lowest BCUT2D eigenvalue weighted by Gasteiger charge is -2.21. The van der Waals surface area contributed by atoms with E-state index in [-0.39, 0.29) is 25.2 Å². The molecule has 0 radical (unpaired) electrons. The molecule has 0 fully saturated rings. The van der Waals surface area contributed by atoms with Crippen LogP contribution in [-0.4, -0.2) is 12.8 Å². The molecule has 15 heavy (non-hydrogen) atoms. The molecular weight excluding hydrogens is 198 g/mol. The normalized spacial score (nSPS) is 22.2. The number of carbonyl (C=O) groups is 1. The van der Waals surface area contributed by atoms with Crippen molar-refractivity contribution in [3.8, 4) is 17.2 Å². The molecule has 2 heterocycles. The highest BCUT2D eigenvalue weighted by Crippen LogP contribution is 2.46. The topological polar surface area (TPSA) is 70.8 Å². The highest BCUT2D eigenvalue weighted by molar-refractivity contribution is 5.78. The van der Waals surface area contributed by atoms with Crippen LogP contribution in [0.25, 0.3) is 0 Å². The third kappa shape index (κ3) is 1.16. The van der Waals surface area contributed by atoms with Crippen LogP contribution in [-0.2, 0) is 4.79 Å². The molecule has 3 rings (SSSR count). The molecular formula is C10H9NO4. The summed E-state index contributed by atoms with van der Waals surface area (Å²) in [6.45, 7) is 0.151. The van der Waals surface area contributed by atoms with Crippen molar-refractivity contribution in [2.45, 2.75) is 12.5 Å². The highest BCUT2D eigenvalue weighted by Gasteiger charge is 2.31. The third-order valence-electron chi connectivity index (χ3n) is 2.53. The van der Waals surface area contributed by atoms with Crippen molar-refractivity contribution in [2.75, 3.05) is 6.79 Å². The summed E-state index contributed by atoms with van der Waals surface area (Å²) in [5.74, 6) is 1.15. The molecule has 1 aromatic carbocycles. The lowest BCUT2D eigenvalue weighted by Crippen LogP contribution is -2.25. The van der Waals surface area contributed by atoms with Crippen molar-refractivity contribution in [3.05, 3.63) is 17.7 Å². The first kappa shape index (κ1) is 8.55. The Labute approximate surface area is 85.7 Å². The summed E-state index contributed by atoms with van der Waals surface area (Å²) < 4.78 is 15.5. The Kier molecular flexibility index (Phi) is 1.63. The SMILES string of the molecule is NC1CC(=O)Oc2c1ccc1c2OCO1. The number of benzene rings is 1. The van der Waals surface area contributed by atoms with Gasteiger partial charge in [-0.2, -0.15) is 0 Å². The summed E-state index contributed by atoms with van der Waals surface area (Å²) in [6.07, 6.45) is 0.201. The number of ether oxygens (including phenoxy) is 3. The van der Waals surface area contributed by atoms with Gasteiger partial charge in [0.05, 0.1) is 6.42 Å². The maximum Gasteiger partial charge on any atom is 0.313 e. The molecule has 0 amide bonds. The fourth-order valence-corrected chi connectivity index (χ4v) is 1.80. The fraction of sp³-hybridized carbons (Fsp3) is 0.300. The molecule has 0 aliphatic carbocycles. The van der Waals surface area contributed by atoms with Crippen molar-refractivity contribution in [3.63, 3.8) is 0 Å². The zero-order chi connectivity index (χ0) is 10.4. The molecule has 78 valence electrons. The second-order valence-corrected chi connectivity index (χ2v) is 3.50. The van der Waals surface area contributed by atoms with Crippen molar-refractivity contribution >= 4 is 5.97 Å². The average Bonchev–Trinajstić information content (AvgIpc) is 2.65. The van der Waals surface area contributed by atoms with E-state index in [2.05, 4.69) is 0 Å². The standard InChI is InChI=1S/C10H9NO4/c11-6-3-8(12)15-9-5(6)1-2-7-10(9)14-4-13-7/h1-2,6H,3-4,11H2. The van der Waals surface area contributed by atoms with E-state index in [4.69, 9.17) is 19.9 Å². The van der Waals surface area contributed by atoms with Gasteiger partial charge in [0.2, 0.25) is 12.5 Å². The minimum Gasteiger partial charge on any atom is -0.453 e. The quantitative estimate of drug-likeness (QED) is 0.501. The van der Waals surface area contributed by atoms with Crippen LogP contribution in [0.1, 0.15) is 18.0 Å². The minimum atomic E-state index is -0.334. The second kappa shape index (κ2) is 2.87. The number of hydrogen-bond acceptors (Lipinski definition) is 5. The van der Waals surface area contributed by atoms with Gasteiger partial charge in [-0.3, -0.25) is 4.79 Å². The van der Waals surface area contributed by atoms with Gasteiger partial charge in [-0.1, -0.05) is 0 Å². The van der Waals surface area contributed by atoms with Crippen LogP contribution in [0, 0.1) is 0 Å². The third-order valence-corrected chi connectivity index (χ3v) is 2.53. The van der Waals surface area contributed by atoms with Crippen LogP contribution in [0.5, 0.6) is 17.2 Å². The zero-order valence-corrected chi connectivity index (χ0v) is 7.86. The van der Waals surface area contributed by atoms with E-state index in [1.165, 1.54) is 0 Å². The van der Waals surface area contributed by atoms with Gasteiger partial charge in [-0.05, 0) is 12.1 Å². The van der Waals surface area contributed by atoms with Gasteiger partial charge in [-0.25, -0.2) is 0 Å². The molecule has 0 bridgehead atoms. The molecule has 1 aromatic rings. The summed E-state index contributed by atoms with van der Waals surface area (Å²) in [4.78, 5) is 11.2. The van der Waals surface area contributed by atoms with Crippen LogP contribution in [0.4, 0.5) is 0 Å². The van der Waals surface area contributed by atoms with Gasteiger partial charge in [0, 0.05) is 11.6 Å². The van der Waals surface area contributed by atoms with Gasteiger partial charge in [0.15, 0.2) is 11.5 Å². The van der Waals surface area contributed by atoms with Gasteiger partial charge in [0.1, 0.15) is 0 Å². The summed E-state index contributed by atoms with van der Waals surface area (Å²) in [5.41, 5.74) is 6.62. The Morgan fingerprint density at radius 2 is 2.13 bits per heavy atom. The molecule has 0 saturated carbocycles. The lowest BCUT2D eigenvalue weighted by atomic mass is 10.0. The molecule has 1 unspecified atom stereocenters. The van der Waals surface area contributed by atoms with E-state index >= 15 is 0 Å². The average molecular weight is 207 g/mol. The van der Waals surface area contributed by atoms with Crippen molar-refractivity contribution in [1.29, 1.82) is 0 Å². The molecule has 5 heteroatoms. The smallest absolute Gasteiger partial charge is 0.313 e. The van der Waals surface area contributed by atoms with Crippen LogP contribution in [0.2, 0.25) is 0 Å². The number of carbonyl (C=O) groups excluding carboxylic acids is 1. The summed E-state index contributed by atoms with van der Waals surface area (Å²) in [6, 6.07) is 3.26. The monoisotopic (exact) mass is 207 g/mol. The van der Waals surface area contributed by atoms with Crippen LogP contribution < -0.4 is 19.9 Å². The largest absolute Gasteiger partial charge is 0.453 e. The van der Waals surface area contributed by atoms with Crippen LogP contribution in [0.15, 0.2) is 12.1 Å². The summed E-state index contributed by atoms with van der Waals surface area (Å²) in [5, 5.41) is 0. The van der Waals surface area contributed by atoms with E-state index in [1.807, 2.05) is 0 Å². The lowest BCUT2D eigenvalue weighted by molar-refractivity contribution is -0.136. The molecule has 0 spiro atoms. The number of hydrogen-bond donors (Lipinski definition) is 1. The van der Waals surface area contributed by atoms with Crippen molar-refractivity contribution < 1.29 is 19.0 Å². The van der Waals surface area contributed by atoms with Gasteiger partial charge in [-0.15, -0.1) is 0 Å². The van der Waals surface area contributed by atoms with Crippen LogP contribution in [0.3, 0.4) is 0 Å². The Hall–Kier alpha value is -1.75. The van der Waals surface area contributed by atoms with Gasteiger partial charge in [0.25, 0.3) is 0 Å². The number of esters is 1. The highest BCUT2D eigenvalue weighted by atomic mass is 16.7. The number of nitrogens with two attached hydrogens (primary N) is 1. The van der Waals surface area contributed by atoms with E-state index in [1.54, 1.807) is 12.1 Å². The molecule has 2 aliphatic heterocycles. The number of rotatable bonds is 0. The molecule has 1 atom stereocenters. The maximum absolute atomic E-state index is 11.2. The molecule has 0 aromatic heterocycles.